The van der Waals surface area contributed by atoms with Crippen LogP contribution < -0.4 is 20.3 Å². The van der Waals surface area contributed by atoms with Gasteiger partial charge in [-0.2, -0.15) is 0 Å². The van der Waals surface area contributed by atoms with Gasteiger partial charge in [-0.15, -0.1) is 11.3 Å². The average molecular weight is 434 g/mol. The molecule has 0 atom stereocenters. The van der Waals surface area contributed by atoms with Gasteiger partial charge in [0.1, 0.15) is 4.70 Å². The van der Waals surface area contributed by atoms with Crippen molar-refractivity contribution in [3.63, 3.8) is 0 Å². The van der Waals surface area contributed by atoms with Crippen molar-refractivity contribution >= 4 is 44.9 Å². The van der Waals surface area contributed by atoms with E-state index in [4.69, 9.17) is 9.47 Å². The van der Waals surface area contributed by atoms with Crippen molar-refractivity contribution in [1.29, 1.82) is 0 Å². The molecule has 0 bridgehead atoms. The van der Waals surface area contributed by atoms with Crippen LogP contribution in [0.2, 0.25) is 0 Å². The molecular weight excluding hydrogens is 410 g/mol. The Labute approximate surface area is 177 Å². The van der Waals surface area contributed by atoms with Crippen molar-refractivity contribution in [2.75, 3.05) is 25.3 Å². The number of rotatable bonds is 8. The van der Waals surface area contributed by atoms with E-state index in [1.54, 1.807) is 37.0 Å². The number of amides is 1. The van der Waals surface area contributed by atoms with Crippen molar-refractivity contribution < 1.29 is 14.3 Å². The van der Waals surface area contributed by atoms with E-state index in [9.17, 15) is 9.59 Å². The quantitative estimate of drug-likeness (QED) is 0.429. The van der Waals surface area contributed by atoms with Crippen LogP contribution in [0.15, 0.2) is 39.6 Å². The Bertz CT molecular complexity index is 1080. The van der Waals surface area contributed by atoms with E-state index in [1.807, 2.05) is 25.3 Å². The number of carbonyl (C=O) groups excluding carboxylic acids is 1. The molecule has 7 nitrogen and oxygen atoms in total. The first-order valence-electron chi connectivity index (χ1n) is 9.05. The molecule has 2 aromatic heterocycles. The predicted octanol–water partition coefficient (Wildman–Crippen LogP) is 3.86. The number of methoxy groups -OCH3 is 2. The Kier molecular flexibility index (Phi) is 6.81. The van der Waals surface area contributed by atoms with Gasteiger partial charge in [-0.05, 0) is 29.5 Å². The first-order chi connectivity index (χ1) is 13.9. The summed E-state index contributed by atoms with van der Waals surface area (Å²) >= 11 is 2.64. The third-order valence-corrected chi connectivity index (χ3v) is 5.95. The van der Waals surface area contributed by atoms with Gasteiger partial charge in [0, 0.05) is 18.3 Å². The summed E-state index contributed by atoms with van der Waals surface area (Å²) in [5, 5.41) is 5.25. The minimum atomic E-state index is -0.196. The van der Waals surface area contributed by atoms with Crippen LogP contribution in [0.3, 0.4) is 0 Å². The highest BCUT2D eigenvalue weighted by molar-refractivity contribution is 7.99. The molecule has 154 valence electrons. The molecule has 0 aliphatic rings. The van der Waals surface area contributed by atoms with Crippen LogP contribution in [0.25, 0.3) is 10.2 Å². The van der Waals surface area contributed by atoms with Crippen molar-refractivity contribution in [2.45, 2.75) is 25.5 Å². The molecule has 0 unspecified atom stereocenters. The maximum Gasteiger partial charge on any atom is 0.272 e. The summed E-state index contributed by atoms with van der Waals surface area (Å²) < 4.78 is 12.8. The van der Waals surface area contributed by atoms with Gasteiger partial charge in [0.15, 0.2) is 16.7 Å². The monoisotopic (exact) mass is 433 g/mol. The molecule has 1 aromatic carbocycles. The summed E-state index contributed by atoms with van der Waals surface area (Å²) in [6.45, 7) is 4.64. The summed E-state index contributed by atoms with van der Waals surface area (Å²) in [6, 6.07) is 7.00. The second-order valence-corrected chi connectivity index (χ2v) is 8.60. The first kappa shape index (κ1) is 21.2. The maximum atomic E-state index is 12.8. The van der Waals surface area contributed by atoms with Gasteiger partial charge in [0.2, 0.25) is 5.91 Å². The van der Waals surface area contributed by atoms with Crippen LogP contribution in [0.5, 0.6) is 11.5 Å². The number of hydrogen-bond acceptors (Lipinski definition) is 7. The van der Waals surface area contributed by atoms with Crippen LogP contribution in [0.4, 0.5) is 5.69 Å². The Morgan fingerprint density at radius 2 is 2.00 bits per heavy atom. The lowest BCUT2D eigenvalue weighted by molar-refractivity contribution is -0.113. The molecule has 9 heteroatoms. The topological polar surface area (TPSA) is 82.5 Å². The highest BCUT2D eigenvalue weighted by Crippen LogP contribution is 2.30. The smallest absolute Gasteiger partial charge is 0.272 e. The van der Waals surface area contributed by atoms with Crippen LogP contribution in [-0.2, 0) is 11.3 Å². The molecule has 1 N–H and O–H groups in total. The molecule has 3 rings (SSSR count). The highest BCUT2D eigenvalue weighted by Gasteiger charge is 2.15. The van der Waals surface area contributed by atoms with Gasteiger partial charge < -0.3 is 14.8 Å². The van der Waals surface area contributed by atoms with E-state index in [2.05, 4.69) is 10.3 Å². The molecule has 29 heavy (non-hydrogen) atoms. The Hall–Kier alpha value is -2.52. The lowest BCUT2D eigenvalue weighted by Crippen LogP contribution is -2.25. The van der Waals surface area contributed by atoms with E-state index in [1.165, 1.54) is 23.1 Å². The number of aromatic nitrogens is 2. The number of fused-ring (bicyclic) bond motifs is 1. The molecule has 0 aliphatic carbocycles. The number of carbonyl (C=O) groups is 1. The predicted molar refractivity (Wildman–Crippen MR) is 118 cm³/mol. The fraction of sp³-hybridized carbons (Fsp3) is 0.350. The van der Waals surface area contributed by atoms with E-state index in [0.717, 1.165) is 0 Å². The van der Waals surface area contributed by atoms with E-state index in [0.29, 0.717) is 39.1 Å². The molecule has 2 heterocycles. The molecule has 0 spiro atoms. The van der Waals surface area contributed by atoms with E-state index >= 15 is 0 Å². The first-order valence-corrected chi connectivity index (χ1v) is 10.9. The number of thioether (sulfide) groups is 1. The third kappa shape index (κ3) is 4.91. The van der Waals surface area contributed by atoms with Gasteiger partial charge in [-0.1, -0.05) is 25.6 Å². The molecule has 1 amide bonds. The fourth-order valence-corrected chi connectivity index (χ4v) is 4.39. The summed E-state index contributed by atoms with van der Waals surface area (Å²) in [5.74, 6) is 1.35. The average Bonchev–Trinajstić information content (AvgIpc) is 3.17. The lowest BCUT2D eigenvalue weighted by Gasteiger charge is -2.14. The number of ether oxygens (including phenoxy) is 2. The van der Waals surface area contributed by atoms with Crippen molar-refractivity contribution in [3.05, 3.63) is 40.0 Å². The lowest BCUT2D eigenvalue weighted by atomic mass is 10.2. The number of nitrogens with zero attached hydrogens (tertiary/aromatic N) is 2. The van der Waals surface area contributed by atoms with Crippen LogP contribution in [0.1, 0.15) is 13.8 Å². The summed E-state index contributed by atoms with van der Waals surface area (Å²) in [7, 11) is 3.10. The summed E-state index contributed by atoms with van der Waals surface area (Å²) in [6.07, 6.45) is 0. The number of thiophene rings is 1. The van der Waals surface area contributed by atoms with Crippen LogP contribution in [-0.4, -0.2) is 35.4 Å². The number of hydrogen-bond donors (Lipinski definition) is 1. The minimum absolute atomic E-state index is 0.0542. The molecular formula is C20H23N3O4S2. The fourth-order valence-electron chi connectivity index (χ4n) is 2.80. The van der Waals surface area contributed by atoms with Crippen LogP contribution >= 0.6 is 23.1 Å². The Balaban J connectivity index is 1.76. The number of anilines is 1. The standard InChI is InChI=1S/C20H23N3O4S2/c1-12(2)10-23-19(25)18-14(7-8-28-18)22-20(23)29-11-17(24)21-13-5-6-15(26-3)16(9-13)27-4/h5-9,12H,10-11H2,1-4H3,(H,21,24). The summed E-state index contributed by atoms with van der Waals surface area (Å²) in [5.41, 5.74) is 1.22. The Morgan fingerprint density at radius 1 is 1.24 bits per heavy atom. The molecule has 0 fully saturated rings. The largest absolute Gasteiger partial charge is 0.493 e. The zero-order valence-corrected chi connectivity index (χ0v) is 18.4. The highest BCUT2D eigenvalue weighted by atomic mass is 32.2. The van der Waals surface area contributed by atoms with E-state index < -0.39 is 0 Å². The van der Waals surface area contributed by atoms with Gasteiger partial charge >= 0.3 is 0 Å². The van der Waals surface area contributed by atoms with Crippen molar-refractivity contribution in [3.8, 4) is 11.5 Å². The minimum Gasteiger partial charge on any atom is -0.493 e. The molecule has 3 aromatic rings. The second kappa shape index (κ2) is 9.32. The maximum absolute atomic E-state index is 12.8. The molecule has 0 aliphatic heterocycles. The number of benzene rings is 1. The third-order valence-electron chi connectivity index (χ3n) is 4.08. The normalized spacial score (nSPS) is 11.1. The van der Waals surface area contributed by atoms with Crippen molar-refractivity contribution in [1.82, 2.24) is 9.55 Å². The second-order valence-electron chi connectivity index (χ2n) is 6.75. The van der Waals surface area contributed by atoms with Crippen LogP contribution in [0, 0.1) is 5.92 Å². The molecule has 0 radical (unpaired) electrons. The van der Waals surface area contributed by atoms with Gasteiger partial charge in [-0.25, -0.2) is 4.98 Å². The zero-order chi connectivity index (χ0) is 21.0. The zero-order valence-electron chi connectivity index (χ0n) is 16.7. The van der Waals surface area contributed by atoms with Gasteiger partial charge in [-0.3, -0.25) is 14.2 Å². The van der Waals surface area contributed by atoms with Crippen molar-refractivity contribution in [2.24, 2.45) is 5.92 Å². The van der Waals surface area contributed by atoms with Gasteiger partial charge in [0.05, 0.1) is 25.5 Å². The Morgan fingerprint density at radius 3 is 2.69 bits per heavy atom. The van der Waals surface area contributed by atoms with Gasteiger partial charge in [0.25, 0.3) is 5.56 Å². The number of nitrogens with one attached hydrogen (secondary N) is 1. The molecule has 0 saturated heterocycles. The summed E-state index contributed by atoms with van der Waals surface area (Å²) in [4.78, 5) is 29.9. The van der Waals surface area contributed by atoms with E-state index in [-0.39, 0.29) is 23.1 Å². The molecule has 0 saturated carbocycles. The SMILES string of the molecule is COc1ccc(NC(=O)CSc2nc3ccsc3c(=O)n2CC(C)C)cc1OC.